The average molecular weight is 382 g/mol. The first-order valence-corrected chi connectivity index (χ1v) is 9.45. The fraction of sp³-hybridized carbons (Fsp3) is 0.364. The van der Waals surface area contributed by atoms with E-state index in [2.05, 4.69) is 0 Å². The third-order valence-electron chi connectivity index (χ3n) is 5.76. The Morgan fingerprint density at radius 3 is 2.50 bits per heavy atom. The molecule has 2 aromatic carbocycles. The van der Waals surface area contributed by atoms with Crippen LogP contribution in [0.15, 0.2) is 48.5 Å². The third-order valence-corrected chi connectivity index (χ3v) is 5.76. The Labute approximate surface area is 163 Å². The molecule has 2 aliphatic rings. The molecule has 2 aliphatic heterocycles. The zero-order chi connectivity index (χ0) is 19.7. The minimum absolute atomic E-state index is 0.0267. The van der Waals surface area contributed by atoms with Gasteiger partial charge in [0.05, 0.1) is 13.5 Å². The molecule has 2 heterocycles. The summed E-state index contributed by atoms with van der Waals surface area (Å²) in [5, 5.41) is 0. The maximum atomic E-state index is 13.0. The maximum absolute atomic E-state index is 13.0. The molecule has 0 bridgehead atoms. The number of nitrogens with zero attached hydrogens (tertiary/aromatic N) is 2. The smallest absolute Gasteiger partial charge is 0.227 e. The predicted molar refractivity (Wildman–Crippen MR) is 104 cm³/mol. The summed E-state index contributed by atoms with van der Waals surface area (Å²) in [6.07, 6.45) is 1.53. The van der Waals surface area contributed by atoms with Gasteiger partial charge in [0.1, 0.15) is 11.6 Å². The van der Waals surface area contributed by atoms with Crippen LogP contribution in [0.1, 0.15) is 18.4 Å². The van der Waals surface area contributed by atoms with Crippen LogP contribution in [0, 0.1) is 11.2 Å². The molecule has 2 saturated heterocycles. The highest BCUT2D eigenvalue weighted by atomic mass is 19.1. The molecule has 0 saturated carbocycles. The molecule has 2 fully saturated rings. The normalized spacial score (nSPS) is 21.6. The molecule has 146 valence electrons. The number of rotatable bonds is 4. The van der Waals surface area contributed by atoms with Crippen molar-refractivity contribution in [1.82, 2.24) is 4.90 Å². The van der Waals surface area contributed by atoms with E-state index in [-0.39, 0.29) is 29.5 Å². The zero-order valence-electron chi connectivity index (χ0n) is 15.9. The molecule has 1 spiro atoms. The van der Waals surface area contributed by atoms with Gasteiger partial charge < -0.3 is 14.5 Å². The van der Waals surface area contributed by atoms with Crippen molar-refractivity contribution in [2.24, 2.45) is 5.41 Å². The fourth-order valence-electron chi connectivity index (χ4n) is 4.20. The van der Waals surface area contributed by atoms with Crippen LogP contribution >= 0.6 is 0 Å². The van der Waals surface area contributed by atoms with Crippen molar-refractivity contribution in [1.29, 1.82) is 0 Å². The minimum Gasteiger partial charge on any atom is -0.497 e. The van der Waals surface area contributed by atoms with Crippen LogP contribution in [-0.4, -0.2) is 43.5 Å². The number of likely N-dealkylation sites (tertiary alicyclic amines) is 1. The van der Waals surface area contributed by atoms with E-state index < -0.39 is 0 Å². The van der Waals surface area contributed by atoms with Crippen LogP contribution in [0.4, 0.5) is 10.1 Å². The van der Waals surface area contributed by atoms with Gasteiger partial charge in [-0.3, -0.25) is 9.59 Å². The molecule has 2 amide bonds. The second kappa shape index (κ2) is 7.26. The van der Waals surface area contributed by atoms with Crippen molar-refractivity contribution in [3.05, 3.63) is 59.9 Å². The molecule has 0 N–H and O–H groups in total. The van der Waals surface area contributed by atoms with E-state index in [9.17, 15) is 14.0 Å². The molecule has 28 heavy (non-hydrogen) atoms. The van der Waals surface area contributed by atoms with E-state index in [1.54, 1.807) is 19.2 Å². The molecule has 4 rings (SSSR count). The van der Waals surface area contributed by atoms with Crippen molar-refractivity contribution < 1.29 is 18.7 Å². The summed E-state index contributed by atoms with van der Waals surface area (Å²) in [7, 11) is 1.61. The number of methoxy groups -OCH3 is 1. The molecule has 6 heteroatoms. The van der Waals surface area contributed by atoms with Gasteiger partial charge in [-0.05, 0) is 48.4 Å². The van der Waals surface area contributed by atoms with Crippen molar-refractivity contribution in [3.63, 3.8) is 0 Å². The number of hydrogen-bond acceptors (Lipinski definition) is 3. The van der Waals surface area contributed by atoms with E-state index >= 15 is 0 Å². The molecule has 0 radical (unpaired) electrons. The van der Waals surface area contributed by atoms with Crippen molar-refractivity contribution in [2.75, 3.05) is 31.6 Å². The Hall–Kier alpha value is -2.89. The monoisotopic (exact) mass is 382 g/mol. The summed E-state index contributed by atoms with van der Waals surface area (Å²) in [6, 6.07) is 13.5. The Kier molecular flexibility index (Phi) is 4.79. The summed E-state index contributed by atoms with van der Waals surface area (Å²) in [6.45, 7) is 1.87. The second-order valence-electron chi connectivity index (χ2n) is 7.72. The van der Waals surface area contributed by atoms with Crippen LogP contribution in [0.25, 0.3) is 0 Å². The summed E-state index contributed by atoms with van der Waals surface area (Å²) >= 11 is 0. The first kappa shape index (κ1) is 18.5. The van der Waals surface area contributed by atoms with E-state index in [0.717, 1.165) is 23.4 Å². The lowest BCUT2D eigenvalue weighted by Crippen LogP contribution is -2.34. The summed E-state index contributed by atoms with van der Waals surface area (Å²) < 4.78 is 18.2. The average Bonchev–Trinajstić information content (AvgIpc) is 3.26. The zero-order valence-corrected chi connectivity index (χ0v) is 15.9. The highest BCUT2D eigenvalue weighted by Crippen LogP contribution is 2.42. The largest absolute Gasteiger partial charge is 0.497 e. The van der Waals surface area contributed by atoms with Gasteiger partial charge in [0.15, 0.2) is 0 Å². The van der Waals surface area contributed by atoms with E-state index in [0.29, 0.717) is 26.1 Å². The van der Waals surface area contributed by atoms with Crippen LogP contribution < -0.4 is 9.64 Å². The lowest BCUT2D eigenvalue weighted by atomic mass is 9.86. The Morgan fingerprint density at radius 1 is 1.11 bits per heavy atom. The quantitative estimate of drug-likeness (QED) is 0.817. The number of ether oxygens (including phenoxy) is 1. The van der Waals surface area contributed by atoms with Crippen molar-refractivity contribution in [3.8, 4) is 5.75 Å². The third kappa shape index (κ3) is 3.59. The van der Waals surface area contributed by atoms with Crippen molar-refractivity contribution in [2.45, 2.75) is 19.3 Å². The summed E-state index contributed by atoms with van der Waals surface area (Å²) in [5.74, 6) is 0.569. The van der Waals surface area contributed by atoms with Gasteiger partial charge in [-0.1, -0.05) is 12.1 Å². The van der Waals surface area contributed by atoms with Crippen LogP contribution in [-0.2, 0) is 16.0 Å². The maximum Gasteiger partial charge on any atom is 0.227 e. The number of carbonyl (C=O) groups is 2. The molecule has 1 atom stereocenters. The number of carbonyl (C=O) groups excluding carboxylic acids is 2. The van der Waals surface area contributed by atoms with Gasteiger partial charge in [-0.2, -0.15) is 0 Å². The lowest BCUT2D eigenvalue weighted by Gasteiger charge is -2.24. The van der Waals surface area contributed by atoms with E-state index in [1.165, 1.54) is 12.1 Å². The van der Waals surface area contributed by atoms with Gasteiger partial charge >= 0.3 is 0 Å². The first-order valence-electron chi connectivity index (χ1n) is 9.45. The first-order chi connectivity index (χ1) is 13.5. The molecular weight excluding hydrogens is 359 g/mol. The SMILES string of the molecule is COc1ccc(N2C[C@@]3(CCN(C(=O)Cc4ccc(F)cc4)C3)CC2=O)cc1. The number of benzene rings is 2. The van der Waals surface area contributed by atoms with Gasteiger partial charge in [-0.25, -0.2) is 4.39 Å². The van der Waals surface area contributed by atoms with Crippen LogP contribution in [0.2, 0.25) is 0 Å². The minimum atomic E-state index is -0.306. The molecule has 0 unspecified atom stereocenters. The molecular formula is C22H23FN2O3. The topological polar surface area (TPSA) is 49.9 Å². The summed E-state index contributed by atoms with van der Waals surface area (Å²) in [4.78, 5) is 29.0. The Morgan fingerprint density at radius 2 is 1.82 bits per heavy atom. The van der Waals surface area contributed by atoms with Gasteiger partial charge in [0.2, 0.25) is 11.8 Å². The molecule has 5 nitrogen and oxygen atoms in total. The molecule has 0 aliphatic carbocycles. The number of anilines is 1. The lowest BCUT2D eigenvalue weighted by molar-refractivity contribution is -0.130. The number of halogens is 1. The Balaban J connectivity index is 1.41. The highest BCUT2D eigenvalue weighted by Gasteiger charge is 2.48. The van der Waals surface area contributed by atoms with Crippen LogP contribution in [0.5, 0.6) is 5.75 Å². The van der Waals surface area contributed by atoms with Crippen LogP contribution in [0.3, 0.4) is 0 Å². The van der Waals surface area contributed by atoms with E-state index in [4.69, 9.17) is 4.74 Å². The Bertz CT molecular complexity index is 882. The standard InChI is InChI=1S/C22H23FN2O3/c1-28-19-8-6-18(7-9-19)25-15-22(13-21(25)27)10-11-24(14-22)20(26)12-16-2-4-17(23)5-3-16/h2-9H,10-15H2,1H3/t22-/m0/s1. The fourth-order valence-corrected chi connectivity index (χ4v) is 4.20. The highest BCUT2D eigenvalue weighted by molar-refractivity contribution is 5.96. The second-order valence-corrected chi connectivity index (χ2v) is 7.72. The number of amides is 2. The molecule has 2 aromatic rings. The van der Waals surface area contributed by atoms with E-state index in [1.807, 2.05) is 34.1 Å². The predicted octanol–water partition coefficient (Wildman–Crippen LogP) is 3.03. The molecule has 0 aromatic heterocycles. The van der Waals surface area contributed by atoms with Crippen molar-refractivity contribution >= 4 is 17.5 Å². The van der Waals surface area contributed by atoms with Gasteiger partial charge in [0.25, 0.3) is 0 Å². The van der Waals surface area contributed by atoms with Gasteiger partial charge in [0, 0.05) is 37.2 Å². The summed E-state index contributed by atoms with van der Waals surface area (Å²) in [5.41, 5.74) is 1.48. The number of hydrogen-bond donors (Lipinski definition) is 0. The van der Waals surface area contributed by atoms with Gasteiger partial charge in [-0.15, -0.1) is 0 Å².